The van der Waals surface area contributed by atoms with Gasteiger partial charge in [0.15, 0.2) is 5.17 Å². The molecule has 2 aliphatic heterocycles. The van der Waals surface area contributed by atoms with Gasteiger partial charge in [0.25, 0.3) is 5.91 Å². The van der Waals surface area contributed by atoms with Gasteiger partial charge < -0.3 is 15.8 Å². The van der Waals surface area contributed by atoms with Gasteiger partial charge in [-0.3, -0.25) is 9.69 Å². The summed E-state index contributed by atoms with van der Waals surface area (Å²) in [5, 5.41) is 13.1. The first kappa shape index (κ1) is 23.3. The van der Waals surface area contributed by atoms with Gasteiger partial charge in [0.1, 0.15) is 29.2 Å². The van der Waals surface area contributed by atoms with E-state index in [0.29, 0.717) is 39.4 Å². The molecule has 178 valence electrons. The van der Waals surface area contributed by atoms with Crippen LogP contribution < -0.4 is 15.8 Å². The van der Waals surface area contributed by atoms with Crippen molar-refractivity contribution in [3.63, 3.8) is 0 Å². The van der Waals surface area contributed by atoms with Crippen LogP contribution in [0, 0.1) is 11.3 Å². The highest BCUT2D eigenvalue weighted by Crippen LogP contribution is 2.45. The molecule has 3 N–H and O–H groups in total. The van der Waals surface area contributed by atoms with Crippen molar-refractivity contribution in [2.45, 2.75) is 19.6 Å². The van der Waals surface area contributed by atoms with Crippen molar-refractivity contribution in [2.24, 2.45) is 10.7 Å². The number of rotatable bonds is 6. The summed E-state index contributed by atoms with van der Waals surface area (Å²) in [5.41, 5.74) is 9.99. The molecule has 3 aromatic carbocycles. The van der Waals surface area contributed by atoms with E-state index in [0.717, 1.165) is 11.1 Å². The van der Waals surface area contributed by atoms with E-state index < -0.39 is 6.04 Å². The molecule has 0 aliphatic carbocycles. The summed E-state index contributed by atoms with van der Waals surface area (Å²) in [7, 11) is 0. The van der Waals surface area contributed by atoms with Gasteiger partial charge in [-0.2, -0.15) is 5.26 Å². The maximum atomic E-state index is 13.5. The number of nitrogens with zero attached hydrogens (tertiary/aromatic N) is 3. The number of ether oxygens (including phenoxy) is 1. The van der Waals surface area contributed by atoms with Gasteiger partial charge in [0, 0.05) is 5.69 Å². The number of aliphatic imine (C=N–C) groups is 1. The molecule has 0 radical (unpaired) electrons. The zero-order valence-electron chi connectivity index (χ0n) is 19.5. The minimum absolute atomic E-state index is 0.279. The summed E-state index contributed by atoms with van der Waals surface area (Å²) in [5.74, 6) is 0.715. The monoisotopic (exact) mass is 493 g/mol. The van der Waals surface area contributed by atoms with E-state index in [9.17, 15) is 10.1 Å². The average Bonchev–Trinajstić information content (AvgIpc) is 3.22. The van der Waals surface area contributed by atoms with E-state index in [1.165, 1.54) is 11.8 Å². The highest BCUT2D eigenvalue weighted by Gasteiger charge is 2.42. The number of amidine groups is 1. The number of nitrogens with two attached hydrogens (primary N) is 1. The summed E-state index contributed by atoms with van der Waals surface area (Å²) < 4.78 is 5.94. The van der Waals surface area contributed by atoms with Crippen LogP contribution in [0.2, 0.25) is 0 Å². The molecule has 0 spiro atoms. The van der Waals surface area contributed by atoms with Crippen molar-refractivity contribution in [2.75, 3.05) is 5.32 Å². The summed E-state index contributed by atoms with van der Waals surface area (Å²) >= 11 is 1.21. The number of hydrogen-bond donors (Lipinski definition) is 2. The molecule has 8 heteroatoms. The molecule has 2 aliphatic rings. The molecule has 2 heterocycles. The van der Waals surface area contributed by atoms with Gasteiger partial charge in [0.05, 0.1) is 17.3 Å². The molecular formula is C28H23N5O2S. The van der Waals surface area contributed by atoms with Gasteiger partial charge in [-0.1, -0.05) is 60.7 Å². The molecule has 0 fully saturated rings. The first-order valence-corrected chi connectivity index (χ1v) is 12.2. The van der Waals surface area contributed by atoms with Crippen molar-refractivity contribution in [3.05, 3.63) is 118 Å². The Morgan fingerprint density at radius 2 is 1.75 bits per heavy atom. The molecule has 5 rings (SSSR count). The lowest BCUT2D eigenvalue weighted by Gasteiger charge is -2.35. The Morgan fingerprint density at radius 1 is 1.08 bits per heavy atom. The fraction of sp³-hybridized carbons (Fsp3) is 0.107. The molecule has 0 saturated carbocycles. The summed E-state index contributed by atoms with van der Waals surface area (Å²) in [4.78, 5) is 20.3. The fourth-order valence-corrected chi connectivity index (χ4v) is 5.07. The fourth-order valence-electron chi connectivity index (χ4n) is 4.15. The molecule has 0 aromatic heterocycles. The third-order valence-corrected chi connectivity index (χ3v) is 6.87. The minimum atomic E-state index is -0.553. The van der Waals surface area contributed by atoms with Gasteiger partial charge in [-0.05, 0) is 54.1 Å². The first-order valence-electron chi connectivity index (χ1n) is 11.3. The third kappa shape index (κ3) is 4.57. The molecule has 0 unspecified atom stereocenters. The van der Waals surface area contributed by atoms with Crippen molar-refractivity contribution in [3.8, 4) is 11.8 Å². The predicted molar refractivity (Wildman–Crippen MR) is 141 cm³/mol. The van der Waals surface area contributed by atoms with Gasteiger partial charge in [-0.25, -0.2) is 4.99 Å². The van der Waals surface area contributed by atoms with Crippen molar-refractivity contribution in [1.82, 2.24) is 4.90 Å². The van der Waals surface area contributed by atoms with Crippen LogP contribution in [-0.4, -0.2) is 16.0 Å². The number of fused-ring (bicyclic) bond motifs is 1. The summed E-state index contributed by atoms with van der Waals surface area (Å²) in [6.45, 7) is 2.25. The standard InChI is InChI=1S/C28H23N5O2S/c1-18-24(27(34)32-21-10-6-3-7-11-21)25(33-26(30)23(16-29)36-28(33)31-18)20-12-14-22(15-13-20)35-17-19-8-4-2-5-9-19/h2-15,25H,17,30H2,1H3,(H,32,34)/t25-/m1/s1. The second kappa shape index (κ2) is 10.0. The Bertz CT molecular complexity index is 1420. The topological polar surface area (TPSA) is 104 Å². The smallest absolute Gasteiger partial charge is 0.255 e. The van der Waals surface area contributed by atoms with Gasteiger partial charge in [-0.15, -0.1) is 0 Å². The predicted octanol–water partition coefficient (Wildman–Crippen LogP) is 5.29. The van der Waals surface area contributed by atoms with E-state index in [1.807, 2.05) is 84.9 Å². The van der Waals surface area contributed by atoms with Crippen LogP contribution >= 0.6 is 11.8 Å². The Kier molecular flexibility index (Phi) is 6.48. The van der Waals surface area contributed by atoms with Crippen LogP contribution in [0.25, 0.3) is 0 Å². The molecule has 3 aromatic rings. The number of amides is 1. The number of allylic oxidation sites excluding steroid dienone is 2. The summed E-state index contributed by atoms with van der Waals surface area (Å²) in [6.07, 6.45) is 0. The number of para-hydroxylation sites is 1. The van der Waals surface area contributed by atoms with Gasteiger partial charge >= 0.3 is 0 Å². The lowest BCUT2D eigenvalue weighted by atomic mass is 9.93. The number of carbonyl (C=O) groups is 1. The highest BCUT2D eigenvalue weighted by molar-refractivity contribution is 8.17. The first-order chi connectivity index (χ1) is 17.5. The molecule has 0 saturated heterocycles. The van der Waals surface area contributed by atoms with Gasteiger partial charge in [0.2, 0.25) is 0 Å². The maximum absolute atomic E-state index is 13.5. The largest absolute Gasteiger partial charge is 0.489 e. The van der Waals surface area contributed by atoms with E-state index in [-0.39, 0.29) is 11.7 Å². The molecule has 36 heavy (non-hydrogen) atoms. The molecular weight excluding hydrogens is 470 g/mol. The Hall–Kier alpha value is -4.48. The van der Waals surface area contributed by atoms with Crippen LogP contribution in [0.1, 0.15) is 24.1 Å². The Balaban J connectivity index is 1.48. The normalized spacial score (nSPS) is 16.8. The lowest BCUT2D eigenvalue weighted by molar-refractivity contribution is -0.113. The number of hydrogen-bond acceptors (Lipinski definition) is 7. The second-order valence-electron chi connectivity index (χ2n) is 8.26. The molecule has 1 atom stereocenters. The van der Waals surface area contributed by atoms with Crippen molar-refractivity contribution < 1.29 is 9.53 Å². The Morgan fingerprint density at radius 3 is 2.42 bits per heavy atom. The number of thioether (sulfide) groups is 1. The third-order valence-electron chi connectivity index (χ3n) is 5.90. The second-order valence-corrected chi connectivity index (χ2v) is 9.24. The number of anilines is 1. The van der Waals surface area contributed by atoms with Crippen molar-refractivity contribution >= 4 is 28.5 Å². The van der Waals surface area contributed by atoms with Crippen LogP contribution in [0.15, 0.2) is 112 Å². The van der Waals surface area contributed by atoms with Crippen LogP contribution in [0.3, 0.4) is 0 Å². The SMILES string of the molecule is CC1=C(C(=O)Nc2ccccc2)[C@@H](c2ccc(OCc3ccccc3)cc2)N2C(=N1)SC(C#N)=C2N. The molecule has 1 amide bonds. The lowest BCUT2D eigenvalue weighted by Crippen LogP contribution is -2.39. The maximum Gasteiger partial charge on any atom is 0.255 e. The minimum Gasteiger partial charge on any atom is -0.489 e. The number of benzene rings is 3. The van der Waals surface area contributed by atoms with E-state index in [2.05, 4.69) is 16.4 Å². The number of nitrogens with one attached hydrogen (secondary N) is 1. The highest BCUT2D eigenvalue weighted by atomic mass is 32.2. The van der Waals surface area contributed by atoms with E-state index >= 15 is 0 Å². The van der Waals surface area contributed by atoms with E-state index in [4.69, 9.17) is 10.5 Å². The quantitative estimate of drug-likeness (QED) is 0.484. The number of nitriles is 1. The van der Waals surface area contributed by atoms with Crippen LogP contribution in [-0.2, 0) is 11.4 Å². The Labute approximate surface area is 213 Å². The molecule has 7 nitrogen and oxygen atoms in total. The summed E-state index contributed by atoms with van der Waals surface area (Å²) in [6, 6.07) is 28.4. The zero-order chi connectivity index (χ0) is 25.1. The van der Waals surface area contributed by atoms with Crippen LogP contribution in [0.4, 0.5) is 5.69 Å². The van der Waals surface area contributed by atoms with Crippen LogP contribution in [0.5, 0.6) is 5.75 Å². The molecule has 0 bridgehead atoms. The number of carbonyl (C=O) groups excluding carboxylic acids is 1. The average molecular weight is 494 g/mol. The zero-order valence-corrected chi connectivity index (χ0v) is 20.3. The van der Waals surface area contributed by atoms with Crippen molar-refractivity contribution in [1.29, 1.82) is 5.26 Å². The van der Waals surface area contributed by atoms with E-state index in [1.54, 1.807) is 11.8 Å².